The zero-order valence-electron chi connectivity index (χ0n) is 19.8. The van der Waals surface area contributed by atoms with Crippen LogP contribution in [0.4, 0.5) is 16.6 Å². The van der Waals surface area contributed by atoms with E-state index < -0.39 is 6.16 Å². The molecule has 0 amide bonds. The standard InChI is InChI=1S/C22H36N8O3/c1-4-32-22(31)33-29-11-9-17(10-12-29)25-19-18-20(30(13-24-18)14(2)3)28-21(27-19)26-16-7-5-15(23)6-8-16/h13-17H,4-12,23H2,1-3H3,(H2,25,26,27,28). The lowest BCUT2D eigenvalue weighted by molar-refractivity contribution is -0.137. The van der Waals surface area contributed by atoms with Crippen molar-refractivity contribution < 1.29 is 14.4 Å². The fourth-order valence-electron chi connectivity index (χ4n) is 4.44. The minimum atomic E-state index is -0.653. The smallest absolute Gasteiger partial charge is 0.433 e. The number of carbonyl (C=O) groups is 1. The molecule has 2 aromatic rings. The number of rotatable bonds is 7. The average molecular weight is 461 g/mol. The van der Waals surface area contributed by atoms with Crippen LogP contribution in [0.2, 0.25) is 0 Å². The maximum Gasteiger partial charge on any atom is 0.527 e. The van der Waals surface area contributed by atoms with Crippen LogP contribution >= 0.6 is 0 Å². The molecule has 0 unspecified atom stereocenters. The number of piperidine rings is 1. The second-order valence-corrected chi connectivity index (χ2v) is 9.19. The molecule has 2 aromatic heterocycles. The predicted molar refractivity (Wildman–Crippen MR) is 126 cm³/mol. The first-order valence-electron chi connectivity index (χ1n) is 12.1. The number of hydrogen-bond acceptors (Lipinski definition) is 10. The van der Waals surface area contributed by atoms with Crippen LogP contribution in [0, 0.1) is 0 Å². The molecule has 4 N–H and O–H groups in total. The van der Waals surface area contributed by atoms with Gasteiger partial charge in [-0.1, -0.05) is 0 Å². The van der Waals surface area contributed by atoms with Gasteiger partial charge in [0.2, 0.25) is 5.95 Å². The molecule has 0 bridgehead atoms. The van der Waals surface area contributed by atoms with E-state index in [0.717, 1.165) is 55.5 Å². The first-order valence-corrected chi connectivity index (χ1v) is 12.1. The summed E-state index contributed by atoms with van der Waals surface area (Å²) in [4.78, 5) is 31.0. The lowest BCUT2D eigenvalue weighted by atomic mass is 9.92. The molecule has 0 radical (unpaired) electrons. The fraction of sp³-hybridized carbons (Fsp3) is 0.727. The van der Waals surface area contributed by atoms with Gasteiger partial charge in [0.25, 0.3) is 0 Å². The van der Waals surface area contributed by atoms with Gasteiger partial charge >= 0.3 is 6.16 Å². The van der Waals surface area contributed by atoms with Crippen LogP contribution < -0.4 is 16.4 Å². The largest absolute Gasteiger partial charge is 0.527 e. The van der Waals surface area contributed by atoms with Crippen LogP contribution in [-0.2, 0) is 9.57 Å². The summed E-state index contributed by atoms with van der Waals surface area (Å²) in [5.74, 6) is 1.36. The second-order valence-electron chi connectivity index (χ2n) is 9.19. The van der Waals surface area contributed by atoms with Crippen molar-refractivity contribution in [2.24, 2.45) is 5.73 Å². The van der Waals surface area contributed by atoms with Crippen molar-refractivity contribution in [3.63, 3.8) is 0 Å². The molecule has 33 heavy (non-hydrogen) atoms. The highest BCUT2D eigenvalue weighted by Gasteiger charge is 2.25. The van der Waals surface area contributed by atoms with Gasteiger partial charge in [-0.25, -0.2) is 9.78 Å². The Bertz CT molecular complexity index is 933. The van der Waals surface area contributed by atoms with E-state index in [1.54, 1.807) is 12.0 Å². The summed E-state index contributed by atoms with van der Waals surface area (Å²) in [5, 5.41) is 8.76. The van der Waals surface area contributed by atoms with E-state index >= 15 is 0 Å². The Kier molecular flexibility index (Phi) is 7.49. The highest BCUT2D eigenvalue weighted by Crippen LogP contribution is 2.27. The van der Waals surface area contributed by atoms with Crippen molar-refractivity contribution in [3.8, 4) is 0 Å². The van der Waals surface area contributed by atoms with E-state index in [-0.39, 0.29) is 12.1 Å². The van der Waals surface area contributed by atoms with Gasteiger partial charge in [-0.05, 0) is 59.3 Å². The first kappa shape index (κ1) is 23.5. The SMILES string of the molecule is CCOC(=O)ON1CCC(Nc2nc(NC3CCC(N)CC3)nc3c2ncn3C(C)C)CC1. The maximum atomic E-state index is 11.6. The van der Waals surface area contributed by atoms with Crippen LogP contribution in [0.15, 0.2) is 6.33 Å². The molecule has 182 valence electrons. The monoisotopic (exact) mass is 460 g/mol. The topological polar surface area (TPSA) is 132 Å². The number of fused-ring (bicyclic) bond motifs is 1. The highest BCUT2D eigenvalue weighted by atomic mass is 16.8. The molecule has 3 heterocycles. The molecule has 1 saturated carbocycles. The zero-order chi connectivity index (χ0) is 23.4. The third-order valence-electron chi connectivity index (χ3n) is 6.34. The van der Waals surface area contributed by atoms with Crippen LogP contribution in [0.25, 0.3) is 11.2 Å². The van der Waals surface area contributed by atoms with Gasteiger partial charge in [0.15, 0.2) is 17.0 Å². The molecular weight excluding hydrogens is 424 g/mol. The summed E-state index contributed by atoms with van der Waals surface area (Å²) >= 11 is 0. The quantitative estimate of drug-likeness (QED) is 0.529. The lowest BCUT2D eigenvalue weighted by Gasteiger charge is -2.31. The van der Waals surface area contributed by atoms with E-state index in [2.05, 4.69) is 34.0 Å². The van der Waals surface area contributed by atoms with Crippen molar-refractivity contribution in [3.05, 3.63) is 6.33 Å². The van der Waals surface area contributed by atoms with Gasteiger partial charge in [0.05, 0.1) is 12.9 Å². The summed E-state index contributed by atoms with van der Waals surface area (Å²) in [7, 11) is 0. The Morgan fingerprint density at radius 2 is 1.82 bits per heavy atom. The summed E-state index contributed by atoms with van der Waals surface area (Å²) in [6.45, 7) is 7.54. The van der Waals surface area contributed by atoms with Crippen LogP contribution in [0.1, 0.15) is 65.3 Å². The number of hydrogen-bond donors (Lipinski definition) is 3. The average Bonchev–Trinajstić information content (AvgIpc) is 3.21. The maximum absolute atomic E-state index is 11.6. The molecule has 0 spiro atoms. The summed E-state index contributed by atoms with van der Waals surface area (Å²) < 4.78 is 6.93. The van der Waals surface area contributed by atoms with Crippen molar-refractivity contribution in [2.75, 3.05) is 30.3 Å². The molecule has 2 aliphatic rings. The number of nitrogens with one attached hydrogen (secondary N) is 2. The Balaban J connectivity index is 1.47. The minimum Gasteiger partial charge on any atom is -0.433 e. The van der Waals surface area contributed by atoms with Gasteiger partial charge in [0, 0.05) is 37.3 Å². The van der Waals surface area contributed by atoms with Gasteiger partial charge in [-0.3, -0.25) is 0 Å². The molecule has 2 fully saturated rings. The van der Waals surface area contributed by atoms with Gasteiger partial charge < -0.3 is 30.5 Å². The van der Waals surface area contributed by atoms with Gasteiger partial charge in [0.1, 0.15) is 0 Å². The van der Waals surface area contributed by atoms with Crippen molar-refractivity contribution >= 4 is 29.1 Å². The van der Waals surface area contributed by atoms with Crippen molar-refractivity contribution in [1.29, 1.82) is 0 Å². The van der Waals surface area contributed by atoms with E-state index in [1.807, 2.05) is 6.33 Å². The Labute approximate surface area is 194 Å². The summed E-state index contributed by atoms with van der Waals surface area (Å²) in [6, 6.07) is 1.05. The number of imidazole rings is 1. The number of ether oxygens (including phenoxy) is 1. The second kappa shape index (κ2) is 10.5. The van der Waals surface area contributed by atoms with E-state index in [9.17, 15) is 4.79 Å². The molecule has 4 rings (SSSR count). The van der Waals surface area contributed by atoms with Crippen LogP contribution in [0.5, 0.6) is 0 Å². The predicted octanol–water partition coefficient (Wildman–Crippen LogP) is 3.05. The van der Waals surface area contributed by atoms with Crippen LogP contribution in [0.3, 0.4) is 0 Å². The molecule has 0 atom stereocenters. The third kappa shape index (κ3) is 5.83. The Hall–Kier alpha value is -2.66. The fourth-order valence-corrected chi connectivity index (χ4v) is 4.44. The van der Waals surface area contributed by atoms with E-state index in [4.69, 9.17) is 25.3 Å². The normalized spacial score (nSPS) is 22.5. The first-order chi connectivity index (χ1) is 15.9. The van der Waals surface area contributed by atoms with Gasteiger partial charge in [-0.2, -0.15) is 9.97 Å². The molecule has 11 nitrogen and oxygen atoms in total. The molecule has 1 aliphatic heterocycles. The number of anilines is 2. The molecular formula is C22H36N8O3. The molecule has 0 aromatic carbocycles. The van der Waals surface area contributed by atoms with Crippen molar-refractivity contribution in [2.45, 2.75) is 83.5 Å². The van der Waals surface area contributed by atoms with Crippen LogP contribution in [-0.4, -0.2) is 68.6 Å². The lowest BCUT2D eigenvalue weighted by Crippen LogP contribution is -2.40. The number of hydroxylamine groups is 2. The van der Waals surface area contributed by atoms with E-state index in [1.165, 1.54) is 0 Å². The molecule has 11 heteroatoms. The Morgan fingerprint density at radius 3 is 2.48 bits per heavy atom. The van der Waals surface area contributed by atoms with E-state index in [0.29, 0.717) is 37.7 Å². The number of aromatic nitrogens is 4. The Morgan fingerprint density at radius 1 is 1.12 bits per heavy atom. The third-order valence-corrected chi connectivity index (χ3v) is 6.34. The number of nitrogens with two attached hydrogens (primary N) is 1. The minimum absolute atomic E-state index is 0.190. The molecule has 1 saturated heterocycles. The number of carbonyl (C=O) groups excluding carboxylic acids is 1. The summed E-state index contributed by atoms with van der Waals surface area (Å²) in [6.07, 6.45) is 6.86. The molecule has 1 aliphatic carbocycles. The number of nitrogens with zero attached hydrogens (tertiary/aromatic N) is 5. The van der Waals surface area contributed by atoms with Gasteiger partial charge in [-0.15, -0.1) is 5.06 Å². The highest BCUT2D eigenvalue weighted by molar-refractivity contribution is 5.84. The van der Waals surface area contributed by atoms with Crippen molar-refractivity contribution in [1.82, 2.24) is 24.6 Å². The zero-order valence-corrected chi connectivity index (χ0v) is 19.8. The summed E-state index contributed by atoms with van der Waals surface area (Å²) in [5.41, 5.74) is 7.65.